The Morgan fingerprint density at radius 1 is 1.33 bits per heavy atom. The van der Waals surface area contributed by atoms with Crippen molar-refractivity contribution >= 4 is 22.8 Å². The van der Waals surface area contributed by atoms with Gasteiger partial charge in [0.1, 0.15) is 5.82 Å². The Labute approximate surface area is 93.0 Å². The maximum Gasteiger partial charge on any atom is 0.146 e. The summed E-state index contributed by atoms with van der Waals surface area (Å²) in [5.74, 6) is 0.559. The molecule has 0 aliphatic rings. The van der Waals surface area contributed by atoms with Gasteiger partial charge in [0.2, 0.25) is 0 Å². The first-order valence-corrected chi connectivity index (χ1v) is 5.71. The number of nitrogens with one attached hydrogen (secondary N) is 1. The molecular weight excluding hydrogens is 206 g/mol. The van der Waals surface area contributed by atoms with Gasteiger partial charge >= 0.3 is 0 Å². The van der Waals surface area contributed by atoms with Crippen LogP contribution in [-0.4, -0.2) is 11.5 Å². The molecule has 0 aliphatic carbocycles. The molecule has 2 heterocycles. The highest BCUT2D eigenvalue weighted by Gasteiger charge is 1.98. The normalized spacial score (nSPS) is 10.1. The average molecular weight is 219 g/mol. The molecule has 2 rings (SSSR count). The molecule has 0 saturated heterocycles. The van der Waals surface area contributed by atoms with E-state index in [1.807, 2.05) is 12.1 Å². The molecule has 0 fully saturated rings. The summed E-state index contributed by atoms with van der Waals surface area (Å²) in [6.07, 6.45) is 2.71. The van der Waals surface area contributed by atoms with Crippen LogP contribution in [0, 0.1) is 0 Å². The van der Waals surface area contributed by atoms with E-state index in [1.54, 1.807) is 17.5 Å². The highest BCUT2D eigenvalue weighted by molar-refractivity contribution is 7.09. The molecule has 0 unspecified atom stereocenters. The minimum absolute atomic E-state index is 0.559. The average Bonchev–Trinajstić information content (AvgIpc) is 2.74. The molecule has 0 aliphatic heterocycles. The van der Waals surface area contributed by atoms with Crippen molar-refractivity contribution in [2.24, 2.45) is 0 Å². The van der Waals surface area contributed by atoms with Crippen LogP contribution in [0.2, 0.25) is 0 Å². The molecule has 0 radical (unpaired) electrons. The second-order valence-electron chi connectivity index (χ2n) is 3.19. The van der Waals surface area contributed by atoms with E-state index in [4.69, 9.17) is 5.73 Å². The van der Waals surface area contributed by atoms with E-state index in [0.717, 1.165) is 18.7 Å². The zero-order chi connectivity index (χ0) is 10.5. The highest BCUT2D eigenvalue weighted by atomic mass is 32.1. The third kappa shape index (κ3) is 2.70. The van der Waals surface area contributed by atoms with Gasteiger partial charge in [0.15, 0.2) is 0 Å². The number of rotatable bonds is 4. The molecule has 78 valence electrons. The number of nitrogen functional groups attached to an aromatic ring is 1. The minimum Gasteiger partial charge on any atom is -0.382 e. The van der Waals surface area contributed by atoms with Crippen molar-refractivity contribution in [2.45, 2.75) is 6.42 Å². The summed E-state index contributed by atoms with van der Waals surface area (Å²) < 4.78 is 0. The molecule has 2 aromatic heterocycles. The van der Waals surface area contributed by atoms with Crippen LogP contribution in [0.3, 0.4) is 0 Å². The molecule has 0 spiro atoms. The van der Waals surface area contributed by atoms with Crippen LogP contribution in [0.5, 0.6) is 0 Å². The van der Waals surface area contributed by atoms with Crippen molar-refractivity contribution in [1.29, 1.82) is 0 Å². The topological polar surface area (TPSA) is 50.9 Å². The van der Waals surface area contributed by atoms with Crippen molar-refractivity contribution < 1.29 is 0 Å². The number of anilines is 2. The smallest absolute Gasteiger partial charge is 0.146 e. The lowest BCUT2D eigenvalue weighted by atomic mass is 10.3. The van der Waals surface area contributed by atoms with Gasteiger partial charge in [-0.3, -0.25) is 0 Å². The zero-order valence-electron chi connectivity index (χ0n) is 8.31. The number of aromatic nitrogens is 1. The van der Waals surface area contributed by atoms with E-state index < -0.39 is 0 Å². The Hall–Kier alpha value is -1.55. The molecule has 3 nitrogen and oxygen atoms in total. The number of nitrogens with zero attached hydrogens (tertiary/aromatic N) is 1. The summed E-state index contributed by atoms with van der Waals surface area (Å²) in [6.45, 7) is 0.885. The predicted molar refractivity (Wildman–Crippen MR) is 65.2 cm³/mol. The van der Waals surface area contributed by atoms with Crippen molar-refractivity contribution in [3.8, 4) is 0 Å². The van der Waals surface area contributed by atoms with E-state index in [2.05, 4.69) is 27.8 Å². The SMILES string of the molecule is Nc1ncccc1NCCc1cccs1. The second kappa shape index (κ2) is 4.79. The maximum absolute atomic E-state index is 5.71. The predicted octanol–water partition coefficient (Wildman–Crippen LogP) is 2.38. The molecule has 0 atom stereocenters. The fraction of sp³-hybridized carbons (Fsp3) is 0.182. The Kier molecular flexibility index (Phi) is 3.19. The van der Waals surface area contributed by atoms with E-state index in [1.165, 1.54) is 4.88 Å². The van der Waals surface area contributed by atoms with Crippen LogP contribution >= 0.6 is 11.3 Å². The lowest BCUT2D eigenvalue weighted by Crippen LogP contribution is -2.06. The standard InChI is InChI=1S/C11H13N3S/c12-11-10(4-1-6-14-11)13-7-5-9-3-2-8-15-9/h1-4,6,8,13H,5,7H2,(H2,12,14). The van der Waals surface area contributed by atoms with Crippen LogP contribution in [0.25, 0.3) is 0 Å². The van der Waals surface area contributed by atoms with Crippen LogP contribution < -0.4 is 11.1 Å². The third-order valence-electron chi connectivity index (χ3n) is 2.11. The number of nitrogens with two attached hydrogens (primary N) is 1. The molecule has 2 aromatic rings. The Morgan fingerprint density at radius 2 is 2.27 bits per heavy atom. The highest BCUT2D eigenvalue weighted by Crippen LogP contribution is 2.14. The lowest BCUT2D eigenvalue weighted by Gasteiger charge is -2.06. The lowest BCUT2D eigenvalue weighted by molar-refractivity contribution is 1.04. The summed E-state index contributed by atoms with van der Waals surface area (Å²) in [6, 6.07) is 8.03. The van der Waals surface area contributed by atoms with Gasteiger partial charge in [-0.05, 0) is 30.0 Å². The zero-order valence-corrected chi connectivity index (χ0v) is 9.13. The van der Waals surface area contributed by atoms with E-state index >= 15 is 0 Å². The molecule has 4 heteroatoms. The molecule has 0 saturated carbocycles. The van der Waals surface area contributed by atoms with Gasteiger partial charge in [-0.1, -0.05) is 6.07 Å². The molecular formula is C11H13N3S. The summed E-state index contributed by atoms with van der Waals surface area (Å²) in [5, 5.41) is 5.36. The monoisotopic (exact) mass is 219 g/mol. The van der Waals surface area contributed by atoms with E-state index in [0.29, 0.717) is 5.82 Å². The molecule has 15 heavy (non-hydrogen) atoms. The molecule has 0 bridgehead atoms. The number of pyridine rings is 1. The van der Waals surface area contributed by atoms with E-state index in [-0.39, 0.29) is 0 Å². The summed E-state index contributed by atoms with van der Waals surface area (Å²) in [7, 11) is 0. The maximum atomic E-state index is 5.71. The third-order valence-corrected chi connectivity index (χ3v) is 3.04. The van der Waals surface area contributed by atoms with E-state index in [9.17, 15) is 0 Å². The van der Waals surface area contributed by atoms with Gasteiger partial charge in [0.05, 0.1) is 5.69 Å². The number of hydrogen-bond acceptors (Lipinski definition) is 4. The quantitative estimate of drug-likeness (QED) is 0.830. The van der Waals surface area contributed by atoms with Crippen LogP contribution in [0.1, 0.15) is 4.88 Å². The fourth-order valence-electron chi connectivity index (χ4n) is 1.34. The van der Waals surface area contributed by atoms with Gasteiger partial charge in [-0.15, -0.1) is 11.3 Å². The van der Waals surface area contributed by atoms with Gasteiger partial charge in [0, 0.05) is 17.6 Å². The van der Waals surface area contributed by atoms with Gasteiger partial charge < -0.3 is 11.1 Å². The Morgan fingerprint density at radius 3 is 3.00 bits per heavy atom. The molecule has 0 amide bonds. The van der Waals surface area contributed by atoms with Gasteiger partial charge in [0.25, 0.3) is 0 Å². The first-order valence-electron chi connectivity index (χ1n) is 4.83. The second-order valence-corrected chi connectivity index (χ2v) is 4.22. The summed E-state index contributed by atoms with van der Waals surface area (Å²) in [5.41, 5.74) is 6.62. The number of hydrogen-bond donors (Lipinski definition) is 2. The van der Waals surface area contributed by atoms with Gasteiger partial charge in [-0.25, -0.2) is 4.98 Å². The summed E-state index contributed by atoms with van der Waals surface area (Å²) >= 11 is 1.78. The molecule has 0 aromatic carbocycles. The van der Waals surface area contributed by atoms with Crippen LogP contribution in [0.4, 0.5) is 11.5 Å². The first-order chi connectivity index (χ1) is 7.36. The van der Waals surface area contributed by atoms with Crippen molar-refractivity contribution in [1.82, 2.24) is 4.98 Å². The van der Waals surface area contributed by atoms with Crippen molar-refractivity contribution in [3.63, 3.8) is 0 Å². The van der Waals surface area contributed by atoms with Crippen LogP contribution in [-0.2, 0) is 6.42 Å². The Bertz CT molecular complexity index is 412. The first kappa shape index (κ1) is 9.98. The molecule has 3 N–H and O–H groups in total. The van der Waals surface area contributed by atoms with Crippen LogP contribution in [0.15, 0.2) is 35.8 Å². The summed E-state index contributed by atoms with van der Waals surface area (Å²) in [4.78, 5) is 5.39. The Balaban J connectivity index is 1.86. The van der Waals surface area contributed by atoms with Crippen molar-refractivity contribution in [2.75, 3.05) is 17.6 Å². The number of thiophene rings is 1. The minimum atomic E-state index is 0.559. The van der Waals surface area contributed by atoms with Gasteiger partial charge in [-0.2, -0.15) is 0 Å². The largest absolute Gasteiger partial charge is 0.382 e. The fourth-order valence-corrected chi connectivity index (χ4v) is 2.05. The van der Waals surface area contributed by atoms with Crippen molar-refractivity contribution in [3.05, 3.63) is 40.7 Å².